The quantitative estimate of drug-likeness (QED) is 0.760. The molecule has 16 heavy (non-hydrogen) atoms. The fraction of sp³-hybridized carbons (Fsp3) is 0.364. The Kier molecular flexibility index (Phi) is 3.77. The minimum Gasteiger partial charge on any atom is -0.311 e. The normalized spacial score (nSPS) is 20.6. The van der Waals surface area contributed by atoms with E-state index >= 15 is 0 Å². The molecule has 1 heterocycles. The zero-order valence-electron chi connectivity index (χ0n) is 8.42. The number of halogens is 3. The standard InChI is InChI=1S/C11H10BrCl2NO/c12-11-8(14)2-1-3-9(11)15-6-7(5-13)4-10(15)16/h1-3,7H,4-6H2. The first-order valence-corrected chi connectivity index (χ1v) is 6.64. The molecule has 0 bridgehead atoms. The molecule has 5 heteroatoms. The molecule has 1 unspecified atom stereocenters. The van der Waals surface area contributed by atoms with Crippen LogP contribution in [0.5, 0.6) is 0 Å². The molecule has 0 aliphatic carbocycles. The van der Waals surface area contributed by atoms with Crippen molar-refractivity contribution in [2.75, 3.05) is 17.3 Å². The van der Waals surface area contributed by atoms with E-state index in [1.54, 1.807) is 11.0 Å². The number of amides is 1. The second kappa shape index (κ2) is 4.94. The van der Waals surface area contributed by atoms with Crippen molar-refractivity contribution in [3.05, 3.63) is 27.7 Å². The Morgan fingerprint density at radius 2 is 2.25 bits per heavy atom. The van der Waals surface area contributed by atoms with Crippen LogP contribution in [0.25, 0.3) is 0 Å². The Balaban J connectivity index is 2.31. The zero-order chi connectivity index (χ0) is 11.7. The van der Waals surface area contributed by atoms with Crippen LogP contribution in [0.1, 0.15) is 6.42 Å². The average molecular weight is 323 g/mol. The van der Waals surface area contributed by atoms with E-state index in [9.17, 15) is 4.79 Å². The second-order valence-electron chi connectivity index (χ2n) is 3.80. The lowest BCUT2D eigenvalue weighted by atomic mass is 10.1. The van der Waals surface area contributed by atoms with Gasteiger partial charge in [-0.05, 0) is 34.0 Å². The Morgan fingerprint density at radius 1 is 1.50 bits per heavy atom. The van der Waals surface area contributed by atoms with Crippen molar-refractivity contribution in [1.29, 1.82) is 0 Å². The van der Waals surface area contributed by atoms with Crippen molar-refractivity contribution in [3.8, 4) is 0 Å². The zero-order valence-corrected chi connectivity index (χ0v) is 11.5. The van der Waals surface area contributed by atoms with Crippen LogP contribution in [0.3, 0.4) is 0 Å². The summed E-state index contributed by atoms with van der Waals surface area (Å²) in [6, 6.07) is 5.50. The van der Waals surface area contributed by atoms with E-state index in [-0.39, 0.29) is 11.8 Å². The van der Waals surface area contributed by atoms with Crippen molar-refractivity contribution < 1.29 is 4.79 Å². The van der Waals surface area contributed by atoms with Gasteiger partial charge in [-0.2, -0.15) is 0 Å². The molecule has 1 saturated heterocycles. The van der Waals surface area contributed by atoms with E-state index < -0.39 is 0 Å². The number of rotatable bonds is 2. The number of carbonyl (C=O) groups excluding carboxylic acids is 1. The summed E-state index contributed by atoms with van der Waals surface area (Å²) >= 11 is 15.2. The Hall–Kier alpha value is -0.250. The van der Waals surface area contributed by atoms with Gasteiger partial charge in [-0.1, -0.05) is 17.7 Å². The topological polar surface area (TPSA) is 20.3 Å². The molecule has 86 valence electrons. The van der Waals surface area contributed by atoms with E-state index in [0.29, 0.717) is 23.9 Å². The number of nitrogens with zero attached hydrogens (tertiary/aromatic N) is 1. The van der Waals surface area contributed by atoms with Gasteiger partial charge in [-0.3, -0.25) is 4.79 Å². The van der Waals surface area contributed by atoms with Crippen molar-refractivity contribution in [2.24, 2.45) is 5.92 Å². The first kappa shape index (κ1) is 12.2. The molecular formula is C11H10BrCl2NO. The lowest BCUT2D eigenvalue weighted by molar-refractivity contribution is -0.117. The van der Waals surface area contributed by atoms with Crippen LogP contribution in [0, 0.1) is 5.92 Å². The summed E-state index contributed by atoms with van der Waals surface area (Å²) < 4.78 is 0.764. The summed E-state index contributed by atoms with van der Waals surface area (Å²) in [6.45, 7) is 0.668. The molecular weight excluding hydrogens is 313 g/mol. The molecule has 0 aromatic heterocycles. The number of carbonyl (C=O) groups is 1. The van der Waals surface area contributed by atoms with Crippen LogP contribution in [0.15, 0.2) is 22.7 Å². The molecule has 1 aliphatic rings. The predicted octanol–water partition coefficient (Wildman–Crippen LogP) is 3.69. The van der Waals surface area contributed by atoms with Crippen molar-refractivity contribution >= 4 is 50.7 Å². The van der Waals surface area contributed by atoms with Gasteiger partial charge in [0.25, 0.3) is 0 Å². The molecule has 2 rings (SSSR count). The summed E-state index contributed by atoms with van der Waals surface area (Å²) in [7, 11) is 0. The van der Waals surface area contributed by atoms with Crippen LogP contribution >= 0.6 is 39.1 Å². The Labute approximate surface area is 113 Å². The highest BCUT2D eigenvalue weighted by atomic mass is 79.9. The maximum Gasteiger partial charge on any atom is 0.227 e. The highest BCUT2D eigenvalue weighted by Crippen LogP contribution is 2.36. The monoisotopic (exact) mass is 321 g/mol. The van der Waals surface area contributed by atoms with E-state index in [0.717, 1.165) is 10.2 Å². The molecule has 0 radical (unpaired) electrons. The maximum absolute atomic E-state index is 11.8. The van der Waals surface area contributed by atoms with Crippen LogP contribution in [-0.2, 0) is 4.79 Å². The summed E-state index contributed by atoms with van der Waals surface area (Å²) in [5.74, 6) is 0.856. The van der Waals surface area contributed by atoms with Gasteiger partial charge in [0.05, 0.1) is 15.2 Å². The molecule has 1 aromatic rings. The van der Waals surface area contributed by atoms with E-state index in [4.69, 9.17) is 23.2 Å². The van der Waals surface area contributed by atoms with Crippen LogP contribution in [-0.4, -0.2) is 18.3 Å². The van der Waals surface area contributed by atoms with Crippen molar-refractivity contribution in [2.45, 2.75) is 6.42 Å². The summed E-state index contributed by atoms with van der Waals surface area (Å²) in [6.07, 6.45) is 0.516. The second-order valence-corrected chi connectivity index (χ2v) is 5.31. The molecule has 1 atom stereocenters. The van der Waals surface area contributed by atoms with Gasteiger partial charge in [0.15, 0.2) is 0 Å². The van der Waals surface area contributed by atoms with Gasteiger partial charge in [0.1, 0.15) is 0 Å². The molecule has 2 nitrogen and oxygen atoms in total. The molecule has 1 fully saturated rings. The molecule has 0 saturated carbocycles. The first-order chi connectivity index (χ1) is 7.63. The van der Waals surface area contributed by atoms with Crippen molar-refractivity contribution in [1.82, 2.24) is 0 Å². The SMILES string of the molecule is O=C1CC(CCl)CN1c1cccc(Cl)c1Br. The lowest BCUT2D eigenvalue weighted by Gasteiger charge is -2.18. The van der Waals surface area contributed by atoms with Gasteiger partial charge in [0, 0.05) is 18.8 Å². The lowest BCUT2D eigenvalue weighted by Crippen LogP contribution is -2.25. The summed E-state index contributed by atoms with van der Waals surface area (Å²) in [4.78, 5) is 13.6. The first-order valence-electron chi connectivity index (χ1n) is 4.94. The third kappa shape index (κ3) is 2.22. The molecule has 0 spiro atoms. The Bertz CT molecular complexity index is 424. The largest absolute Gasteiger partial charge is 0.311 e. The Morgan fingerprint density at radius 3 is 2.88 bits per heavy atom. The van der Waals surface area contributed by atoms with Gasteiger partial charge in [-0.25, -0.2) is 0 Å². The van der Waals surface area contributed by atoms with Crippen molar-refractivity contribution in [3.63, 3.8) is 0 Å². The highest BCUT2D eigenvalue weighted by Gasteiger charge is 2.31. The highest BCUT2D eigenvalue weighted by molar-refractivity contribution is 9.10. The minimum absolute atomic E-state index is 0.105. The fourth-order valence-corrected chi connectivity index (χ4v) is 2.67. The summed E-state index contributed by atoms with van der Waals surface area (Å²) in [5.41, 5.74) is 0.824. The molecule has 1 amide bonds. The molecule has 1 aliphatic heterocycles. The molecule has 0 N–H and O–H groups in total. The fourth-order valence-electron chi connectivity index (χ4n) is 1.82. The van der Waals surface area contributed by atoms with Crippen LogP contribution < -0.4 is 4.90 Å². The predicted molar refractivity (Wildman–Crippen MR) is 70.3 cm³/mol. The van der Waals surface area contributed by atoms with Gasteiger partial charge in [0.2, 0.25) is 5.91 Å². The van der Waals surface area contributed by atoms with Crippen LogP contribution in [0.4, 0.5) is 5.69 Å². The van der Waals surface area contributed by atoms with E-state index in [1.807, 2.05) is 12.1 Å². The summed E-state index contributed by atoms with van der Waals surface area (Å²) in [5, 5.41) is 0.611. The van der Waals surface area contributed by atoms with Gasteiger partial charge >= 0.3 is 0 Å². The number of hydrogen-bond acceptors (Lipinski definition) is 1. The number of anilines is 1. The van der Waals surface area contributed by atoms with Gasteiger partial charge in [-0.15, -0.1) is 11.6 Å². The van der Waals surface area contributed by atoms with E-state index in [2.05, 4.69) is 15.9 Å². The average Bonchev–Trinajstić information content (AvgIpc) is 2.64. The third-order valence-corrected chi connectivity index (χ3v) is 4.46. The maximum atomic E-state index is 11.8. The number of hydrogen-bond donors (Lipinski definition) is 0. The number of alkyl halides is 1. The smallest absolute Gasteiger partial charge is 0.227 e. The minimum atomic E-state index is 0.105. The van der Waals surface area contributed by atoms with E-state index in [1.165, 1.54) is 0 Å². The number of benzene rings is 1. The van der Waals surface area contributed by atoms with Gasteiger partial charge < -0.3 is 4.90 Å². The third-order valence-electron chi connectivity index (χ3n) is 2.65. The molecule has 1 aromatic carbocycles. The van der Waals surface area contributed by atoms with Crippen LogP contribution in [0.2, 0.25) is 5.02 Å².